The predicted octanol–water partition coefficient (Wildman–Crippen LogP) is -0.353. The number of fused-ring (bicyclic) bond motifs is 1. The van der Waals surface area contributed by atoms with Crippen LogP contribution in [0.3, 0.4) is 0 Å². The molecule has 3 heterocycles. The van der Waals surface area contributed by atoms with Crippen LogP contribution in [0.1, 0.15) is 18.1 Å². The van der Waals surface area contributed by atoms with Gasteiger partial charge in [-0.15, -0.1) is 10.2 Å². The summed E-state index contributed by atoms with van der Waals surface area (Å²) in [7, 11) is 3.50. The Hall–Kier alpha value is -1.67. The first-order valence-electron chi connectivity index (χ1n) is 7.79. The zero-order chi connectivity index (χ0) is 15.4. The number of nitrogens with zero attached hydrogens (tertiary/aromatic N) is 5. The second kappa shape index (κ2) is 7.06. The van der Waals surface area contributed by atoms with Gasteiger partial charge in [-0.25, -0.2) is 0 Å². The summed E-state index contributed by atoms with van der Waals surface area (Å²) in [5.41, 5.74) is 0. The largest absolute Gasteiger partial charge is 0.382 e. The SMILES string of the molecule is CN=C(NCc1nnc2n1CCC2)N1CCOC(COC)C1. The van der Waals surface area contributed by atoms with Crippen molar-refractivity contribution in [2.24, 2.45) is 4.99 Å². The molecule has 122 valence electrons. The molecule has 8 heteroatoms. The van der Waals surface area contributed by atoms with Crippen LogP contribution in [0.5, 0.6) is 0 Å². The molecule has 1 atom stereocenters. The van der Waals surface area contributed by atoms with E-state index in [1.54, 1.807) is 14.2 Å². The van der Waals surface area contributed by atoms with E-state index in [1.807, 2.05) is 0 Å². The Bertz CT molecular complexity index is 527. The van der Waals surface area contributed by atoms with Gasteiger partial charge in [0.15, 0.2) is 11.8 Å². The number of methoxy groups -OCH3 is 1. The smallest absolute Gasteiger partial charge is 0.194 e. The first kappa shape index (κ1) is 15.2. The van der Waals surface area contributed by atoms with E-state index in [2.05, 4.69) is 30.0 Å². The molecule has 0 radical (unpaired) electrons. The van der Waals surface area contributed by atoms with Crippen molar-refractivity contribution in [3.63, 3.8) is 0 Å². The van der Waals surface area contributed by atoms with Crippen LogP contribution in [0.15, 0.2) is 4.99 Å². The molecule has 8 nitrogen and oxygen atoms in total. The van der Waals surface area contributed by atoms with E-state index < -0.39 is 0 Å². The van der Waals surface area contributed by atoms with Crippen LogP contribution in [0.4, 0.5) is 0 Å². The van der Waals surface area contributed by atoms with Gasteiger partial charge in [-0.2, -0.15) is 0 Å². The molecule has 1 N–H and O–H groups in total. The highest BCUT2D eigenvalue weighted by atomic mass is 16.5. The van der Waals surface area contributed by atoms with Gasteiger partial charge in [-0.05, 0) is 6.42 Å². The van der Waals surface area contributed by atoms with E-state index in [0.29, 0.717) is 19.8 Å². The highest BCUT2D eigenvalue weighted by Gasteiger charge is 2.23. The summed E-state index contributed by atoms with van der Waals surface area (Å²) in [6.07, 6.45) is 2.29. The number of aryl methyl sites for hydroxylation is 1. The number of nitrogens with one attached hydrogen (secondary N) is 1. The van der Waals surface area contributed by atoms with Gasteiger partial charge in [0.1, 0.15) is 5.82 Å². The molecule has 0 saturated carbocycles. The predicted molar refractivity (Wildman–Crippen MR) is 81.7 cm³/mol. The number of hydrogen-bond donors (Lipinski definition) is 1. The third-order valence-electron chi connectivity index (χ3n) is 4.09. The molecule has 0 spiro atoms. The standard InChI is InChI=1S/C14H24N6O2/c1-15-14(19-6-7-22-11(9-19)10-21-2)16-8-13-18-17-12-4-3-5-20(12)13/h11H,3-10H2,1-2H3,(H,15,16). The van der Waals surface area contributed by atoms with Gasteiger partial charge in [-0.1, -0.05) is 0 Å². The van der Waals surface area contributed by atoms with Crippen LogP contribution in [0, 0.1) is 0 Å². The van der Waals surface area contributed by atoms with Gasteiger partial charge in [0.2, 0.25) is 0 Å². The molecule has 22 heavy (non-hydrogen) atoms. The molecule has 1 aromatic heterocycles. The quantitative estimate of drug-likeness (QED) is 0.605. The molecular weight excluding hydrogens is 284 g/mol. The van der Waals surface area contributed by atoms with E-state index in [9.17, 15) is 0 Å². The van der Waals surface area contributed by atoms with Crippen molar-refractivity contribution in [3.8, 4) is 0 Å². The Kier molecular flexibility index (Phi) is 4.89. The van der Waals surface area contributed by atoms with E-state index in [-0.39, 0.29) is 6.10 Å². The van der Waals surface area contributed by atoms with Crippen LogP contribution < -0.4 is 5.32 Å². The molecule has 2 aliphatic heterocycles. The minimum absolute atomic E-state index is 0.0923. The van der Waals surface area contributed by atoms with Gasteiger partial charge in [0.25, 0.3) is 0 Å². The minimum Gasteiger partial charge on any atom is -0.382 e. The molecule has 2 aliphatic rings. The second-order valence-electron chi connectivity index (χ2n) is 5.58. The number of hydrogen-bond acceptors (Lipinski definition) is 5. The van der Waals surface area contributed by atoms with Gasteiger partial charge < -0.3 is 24.3 Å². The van der Waals surface area contributed by atoms with Crippen molar-refractivity contribution < 1.29 is 9.47 Å². The lowest BCUT2D eigenvalue weighted by atomic mass is 10.3. The molecule has 0 aromatic carbocycles. The average molecular weight is 308 g/mol. The maximum atomic E-state index is 5.68. The van der Waals surface area contributed by atoms with Crippen LogP contribution >= 0.6 is 0 Å². The zero-order valence-electron chi connectivity index (χ0n) is 13.3. The van der Waals surface area contributed by atoms with Crippen molar-refractivity contribution in [3.05, 3.63) is 11.6 Å². The Labute approximate surface area is 130 Å². The van der Waals surface area contributed by atoms with Crippen molar-refractivity contribution in [1.82, 2.24) is 25.0 Å². The fourth-order valence-electron chi connectivity index (χ4n) is 3.03. The lowest BCUT2D eigenvalue weighted by Gasteiger charge is -2.34. The van der Waals surface area contributed by atoms with E-state index in [4.69, 9.17) is 9.47 Å². The van der Waals surface area contributed by atoms with Gasteiger partial charge in [0, 0.05) is 40.2 Å². The number of morpholine rings is 1. The van der Waals surface area contributed by atoms with Crippen LogP contribution in [-0.4, -0.2) is 72.2 Å². The normalized spacial score (nSPS) is 22.0. The molecule has 3 rings (SSSR count). The third-order valence-corrected chi connectivity index (χ3v) is 4.09. The number of guanidine groups is 1. The fraction of sp³-hybridized carbons (Fsp3) is 0.786. The topological polar surface area (TPSA) is 76.8 Å². The number of aromatic nitrogens is 3. The lowest BCUT2D eigenvalue weighted by Crippen LogP contribution is -2.51. The van der Waals surface area contributed by atoms with Crippen molar-refractivity contribution in [1.29, 1.82) is 0 Å². The minimum atomic E-state index is 0.0923. The van der Waals surface area contributed by atoms with Crippen molar-refractivity contribution in [2.75, 3.05) is 40.5 Å². The molecule has 0 aliphatic carbocycles. The summed E-state index contributed by atoms with van der Waals surface area (Å²) in [6.45, 7) is 4.57. The lowest BCUT2D eigenvalue weighted by molar-refractivity contribution is -0.0447. The van der Waals surface area contributed by atoms with Gasteiger partial charge in [0.05, 0.1) is 25.9 Å². The highest BCUT2D eigenvalue weighted by Crippen LogP contribution is 2.14. The first-order chi connectivity index (χ1) is 10.8. The van der Waals surface area contributed by atoms with Crippen LogP contribution in [-0.2, 0) is 29.0 Å². The molecule has 0 amide bonds. The van der Waals surface area contributed by atoms with E-state index in [1.165, 1.54) is 0 Å². The summed E-state index contributed by atoms with van der Waals surface area (Å²) in [5.74, 6) is 2.95. The Morgan fingerprint density at radius 1 is 1.45 bits per heavy atom. The molecule has 1 saturated heterocycles. The monoisotopic (exact) mass is 308 g/mol. The molecule has 1 unspecified atom stereocenters. The number of rotatable bonds is 4. The summed E-state index contributed by atoms with van der Waals surface area (Å²) in [4.78, 5) is 6.58. The van der Waals surface area contributed by atoms with Crippen molar-refractivity contribution in [2.45, 2.75) is 32.0 Å². The molecular formula is C14H24N6O2. The molecule has 1 fully saturated rings. The zero-order valence-corrected chi connectivity index (χ0v) is 13.3. The van der Waals surface area contributed by atoms with Crippen LogP contribution in [0.2, 0.25) is 0 Å². The van der Waals surface area contributed by atoms with Crippen molar-refractivity contribution >= 4 is 5.96 Å². The summed E-state index contributed by atoms with van der Waals surface area (Å²) < 4.78 is 13.1. The van der Waals surface area contributed by atoms with Gasteiger partial charge >= 0.3 is 0 Å². The van der Waals surface area contributed by atoms with E-state index >= 15 is 0 Å². The summed E-state index contributed by atoms with van der Waals surface area (Å²) in [5, 5.41) is 11.9. The Morgan fingerprint density at radius 2 is 2.36 bits per heavy atom. The molecule has 0 bridgehead atoms. The number of aliphatic imine (C=N–C) groups is 1. The second-order valence-corrected chi connectivity index (χ2v) is 5.58. The average Bonchev–Trinajstić information content (AvgIpc) is 3.13. The maximum absolute atomic E-state index is 5.68. The highest BCUT2D eigenvalue weighted by molar-refractivity contribution is 5.79. The summed E-state index contributed by atoms with van der Waals surface area (Å²) >= 11 is 0. The Morgan fingerprint density at radius 3 is 3.18 bits per heavy atom. The van der Waals surface area contributed by atoms with E-state index in [0.717, 1.165) is 50.1 Å². The number of ether oxygens (including phenoxy) is 2. The van der Waals surface area contributed by atoms with Gasteiger partial charge in [-0.3, -0.25) is 4.99 Å². The van der Waals surface area contributed by atoms with Crippen LogP contribution in [0.25, 0.3) is 0 Å². The first-order valence-corrected chi connectivity index (χ1v) is 7.79. The molecule has 1 aromatic rings. The maximum Gasteiger partial charge on any atom is 0.194 e. The third kappa shape index (κ3) is 3.22. The Balaban J connectivity index is 1.57. The summed E-state index contributed by atoms with van der Waals surface area (Å²) in [6, 6.07) is 0. The fourth-order valence-corrected chi connectivity index (χ4v) is 3.03.